The molecule has 2 heterocycles. The van der Waals surface area contributed by atoms with Gasteiger partial charge >= 0.3 is 0 Å². The number of hydrogen-bond donors (Lipinski definition) is 0. The first-order valence-electron chi connectivity index (χ1n) is 10.4. The molecule has 0 atom stereocenters. The van der Waals surface area contributed by atoms with E-state index in [1.54, 1.807) is 0 Å². The van der Waals surface area contributed by atoms with E-state index < -0.39 is 0 Å². The molecular formula is C26H24ClN3. The first kappa shape index (κ1) is 19.1. The highest BCUT2D eigenvalue weighted by Crippen LogP contribution is 2.30. The molecule has 0 N–H and O–H groups in total. The van der Waals surface area contributed by atoms with E-state index in [2.05, 4.69) is 82.6 Å². The molecule has 3 aromatic carbocycles. The van der Waals surface area contributed by atoms with Crippen LogP contribution < -0.4 is 4.90 Å². The van der Waals surface area contributed by atoms with E-state index in [4.69, 9.17) is 16.6 Å². The summed E-state index contributed by atoms with van der Waals surface area (Å²) in [6, 6.07) is 32.0. The van der Waals surface area contributed by atoms with Crippen molar-refractivity contribution in [3.8, 4) is 0 Å². The second kappa shape index (κ2) is 8.47. The van der Waals surface area contributed by atoms with Crippen molar-refractivity contribution >= 4 is 28.3 Å². The van der Waals surface area contributed by atoms with Crippen molar-refractivity contribution in [2.45, 2.75) is 6.04 Å². The third-order valence-electron chi connectivity index (χ3n) is 5.87. The van der Waals surface area contributed by atoms with Crippen molar-refractivity contribution in [2.24, 2.45) is 0 Å². The number of halogens is 1. The smallest absolute Gasteiger partial charge is 0.129 e. The van der Waals surface area contributed by atoms with Crippen LogP contribution in [0.1, 0.15) is 17.2 Å². The largest absolute Gasteiger partial charge is 0.354 e. The van der Waals surface area contributed by atoms with Gasteiger partial charge in [-0.05, 0) is 41.5 Å². The summed E-state index contributed by atoms with van der Waals surface area (Å²) in [5.74, 6) is 1.04. The Kier molecular flexibility index (Phi) is 5.39. The third-order valence-corrected chi connectivity index (χ3v) is 6.11. The molecule has 4 heteroatoms. The molecule has 1 aliphatic heterocycles. The van der Waals surface area contributed by atoms with E-state index >= 15 is 0 Å². The van der Waals surface area contributed by atoms with Crippen LogP contribution in [-0.4, -0.2) is 36.1 Å². The molecule has 0 bridgehead atoms. The molecule has 4 aromatic rings. The van der Waals surface area contributed by atoms with Crippen LogP contribution in [-0.2, 0) is 0 Å². The molecule has 0 spiro atoms. The van der Waals surface area contributed by atoms with Gasteiger partial charge in [0, 0.05) is 36.6 Å². The van der Waals surface area contributed by atoms with Gasteiger partial charge in [-0.2, -0.15) is 0 Å². The summed E-state index contributed by atoms with van der Waals surface area (Å²) in [5, 5.41) is 1.83. The second-order valence-electron chi connectivity index (χ2n) is 7.75. The average Bonchev–Trinajstić information content (AvgIpc) is 2.81. The Bertz CT molecular complexity index is 1080. The molecule has 0 amide bonds. The second-order valence-corrected chi connectivity index (χ2v) is 8.19. The highest BCUT2D eigenvalue weighted by atomic mass is 35.5. The van der Waals surface area contributed by atoms with Gasteiger partial charge in [-0.25, -0.2) is 4.98 Å². The van der Waals surface area contributed by atoms with Gasteiger partial charge in [-0.3, -0.25) is 4.90 Å². The first-order chi connectivity index (χ1) is 14.8. The zero-order valence-corrected chi connectivity index (χ0v) is 17.5. The molecule has 0 aliphatic carbocycles. The number of piperazine rings is 1. The van der Waals surface area contributed by atoms with Crippen LogP contribution in [0.15, 0.2) is 91.0 Å². The van der Waals surface area contributed by atoms with Crippen LogP contribution in [0, 0.1) is 0 Å². The summed E-state index contributed by atoms with van der Waals surface area (Å²) >= 11 is 6.11. The first-order valence-corrected chi connectivity index (χ1v) is 10.8. The number of anilines is 1. The lowest BCUT2D eigenvalue weighted by atomic mass is 9.96. The molecule has 5 rings (SSSR count). The van der Waals surface area contributed by atoms with Crippen molar-refractivity contribution in [1.82, 2.24) is 9.88 Å². The summed E-state index contributed by atoms with van der Waals surface area (Å²) in [6.07, 6.45) is 0. The number of hydrogen-bond acceptors (Lipinski definition) is 3. The maximum atomic E-state index is 6.11. The van der Waals surface area contributed by atoms with E-state index in [-0.39, 0.29) is 6.04 Å². The zero-order valence-electron chi connectivity index (χ0n) is 16.8. The van der Waals surface area contributed by atoms with Crippen LogP contribution in [0.4, 0.5) is 5.82 Å². The quantitative estimate of drug-likeness (QED) is 0.421. The molecule has 1 aliphatic rings. The Morgan fingerprint density at radius 3 is 1.97 bits per heavy atom. The summed E-state index contributed by atoms with van der Waals surface area (Å²) in [7, 11) is 0. The minimum absolute atomic E-state index is 0.279. The summed E-state index contributed by atoms with van der Waals surface area (Å²) in [6.45, 7) is 3.91. The normalized spacial score (nSPS) is 15.1. The predicted molar refractivity (Wildman–Crippen MR) is 125 cm³/mol. The van der Waals surface area contributed by atoms with Crippen molar-refractivity contribution in [2.75, 3.05) is 31.1 Å². The number of nitrogens with zero attached hydrogens (tertiary/aromatic N) is 3. The van der Waals surface area contributed by atoms with E-state index in [1.807, 2.05) is 18.2 Å². The van der Waals surface area contributed by atoms with E-state index in [0.717, 1.165) is 47.9 Å². The van der Waals surface area contributed by atoms with Gasteiger partial charge in [0.15, 0.2) is 0 Å². The van der Waals surface area contributed by atoms with Gasteiger partial charge in [0.25, 0.3) is 0 Å². The maximum Gasteiger partial charge on any atom is 0.129 e. The SMILES string of the molecule is Clc1ccc2nc(N3CCN(C(c4ccccc4)c4ccccc4)CC3)ccc2c1. The fourth-order valence-electron chi connectivity index (χ4n) is 4.36. The average molecular weight is 414 g/mol. The monoisotopic (exact) mass is 413 g/mol. The molecule has 1 fully saturated rings. The van der Waals surface area contributed by atoms with Gasteiger partial charge in [0.05, 0.1) is 11.6 Å². The lowest BCUT2D eigenvalue weighted by Crippen LogP contribution is -2.48. The van der Waals surface area contributed by atoms with E-state index in [9.17, 15) is 0 Å². The van der Waals surface area contributed by atoms with Gasteiger partial charge in [0.1, 0.15) is 5.82 Å². The van der Waals surface area contributed by atoms with Crippen molar-refractivity contribution in [3.05, 3.63) is 107 Å². The molecule has 1 aromatic heterocycles. The summed E-state index contributed by atoms with van der Waals surface area (Å²) < 4.78 is 0. The van der Waals surface area contributed by atoms with Gasteiger partial charge in [-0.15, -0.1) is 0 Å². The fraction of sp³-hybridized carbons (Fsp3) is 0.192. The molecule has 0 saturated carbocycles. The third kappa shape index (κ3) is 3.91. The fourth-order valence-corrected chi connectivity index (χ4v) is 4.54. The van der Waals surface area contributed by atoms with Crippen molar-refractivity contribution in [3.63, 3.8) is 0 Å². The molecule has 150 valence electrons. The van der Waals surface area contributed by atoms with Gasteiger partial charge in [0.2, 0.25) is 0 Å². The van der Waals surface area contributed by atoms with Crippen LogP contribution in [0.3, 0.4) is 0 Å². The maximum absolute atomic E-state index is 6.11. The highest BCUT2D eigenvalue weighted by Gasteiger charge is 2.26. The van der Waals surface area contributed by atoms with Crippen molar-refractivity contribution < 1.29 is 0 Å². The van der Waals surface area contributed by atoms with Crippen molar-refractivity contribution in [1.29, 1.82) is 0 Å². The van der Waals surface area contributed by atoms with Crippen LogP contribution in [0.5, 0.6) is 0 Å². The van der Waals surface area contributed by atoms with E-state index in [0.29, 0.717) is 0 Å². The molecule has 1 saturated heterocycles. The molecule has 3 nitrogen and oxygen atoms in total. The minimum atomic E-state index is 0.279. The Hall–Kier alpha value is -2.88. The standard InChI is InChI=1S/C26H24ClN3/c27-23-12-13-24-22(19-23)11-14-25(28-24)29-15-17-30(18-16-29)26(20-7-3-1-4-8-20)21-9-5-2-6-10-21/h1-14,19,26H,15-18H2. The molecular weight excluding hydrogens is 390 g/mol. The Labute approximate surface area is 182 Å². The number of pyridine rings is 1. The number of benzene rings is 3. The zero-order chi connectivity index (χ0) is 20.3. The Morgan fingerprint density at radius 2 is 1.33 bits per heavy atom. The number of fused-ring (bicyclic) bond motifs is 1. The number of aromatic nitrogens is 1. The highest BCUT2D eigenvalue weighted by molar-refractivity contribution is 6.31. The van der Waals surface area contributed by atoms with Gasteiger partial charge in [-0.1, -0.05) is 72.3 Å². The molecule has 0 unspecified atom stereocenters. The lowest BCUT2D eigenvalue weighted by Gasteiger charge is -2.40. The van der Waals surface area contributed by atoms with E-state index in [1.165, 1.54) is 11.1 Å². The predicted octanol–water partition coefficient (Wildman–Crippen LogP) is 5.80. The Balaban J connectivity index is 1.37. The Morgan fingerprint density at radius 1 is 0.700 bits per heavy atom. The number of rotatable bonds is 4. The summed E-state index contributed by atoms with van der Waals surface area (Å²) in [4.78, 5) is 9.85. The van der Waals surface area contributed by atoms with Crippen LogP contribution >= 0.6 is 11.6 Å². The molecule has 30 heavy (non-hydrogen) atoms. The minimum Gasteiger partial charge on any atom is -0.354 e. The van der Waals surface area contributed by atoms with Crippen LogP contribution in [0.25, 0.3) is 10.9 Å². The summed E-state index contributed by atoms with van der Waals surface area (Å²) in [5.41, 5.74) is 3.68. The van der Waals surface area contributed by atoms with Crippen LogP contribution in [0.2, 0.25) is 5.02 Å². The van der Waals surface area contributed by atoms with Gasteiger partial charge < -0.3 is 4.90 Å². The lowest BCUT2D eigenvalue weighted by molar-refractivity contribution is 0.212. The topological polar surface area (TPSA) is 19.4 Å². The molecule has 0 radical (unpaired) electrons.